The monoisotopic (exact) mass is 300 g/mol. The van der Waals surface area contributed by atoms with E-state index in [1.54, 1.807) is 0 Å². The molecule has 0 saturated heterocycles. The first-order valence-electron chi connectivity index (χ1n) is 9.61. The molecule has 22 heavy (non-hydrogen) atoms. The fourth-order valence-corrected chi connectivity index (χ4v) is 7.42. The number of hydrogen-bond donors (Lipinski definition) is 0. The zero-order valence-corrected chi connectivity index (χ0v) is 14.4. The van der Waals surface area contributed by atoms with Crippen LogP contribution in [0.2, 0.25) is 0 Å². The van der Waals surface area contributed by atoms with Crippen molar-refractivity contribution in [2.45, 2.75) is 71.6 Å². The summed E-state index contributed by atoms with van der Waals surface area (Å²) >= 11 is 0. The molecule has 122 valence electrons. The molecule has 4 fully saturated rings. The van der Waals surface area contributed by atoms with Crippen LogP contribution in [0.4, 0.5) is 0 Å². The third kappa shape index (κ3) is 1.86. The van der Waals surface area contributed by atoms with E-state index in [0.29, 0.717) is 16.7 Å². The summed E-state index contributed by atoms with van der Waals surface area (Å²) < 4.78 is 0. The average molecular weight is 300 g/mol. The van der Waals surface area contributed by atoms with Gasteiger partial charge in [-0.2, -0.15) is 0 Å². The Morgan fingerprint density at radius 3 is 2.55 bits per heavy atom. The first-order valence-corrected chi connectivity index (χ1v) is 9.61. The van der Waals surface area contributed by atoms with Gasteiger partial charge < -0.3 is 4.79 Å². The van der Waals surface area contributed by atoms with E-state index in [-0.39, 0.29) is 0 Å². The summed E-state index contributed by atoms with van der Waals surface area (Å²) in [5.74, 6) is 3.88. The Hall–Kier alpha value is -0.590. The van der Waals surface area contributed by atoms with Gasteiger partial charge in [0.1, 0.15) is 6.29 Å². The lowest BCUT2D eigenvalue weighted by Crippen LogP contribution is -2.52. The van der Waals surface area contributed by atoms with Crippen LogP contribution in [0.5, 0.6) is 0 Å². The van der Waals surface area contributed by atoms with Gasteiger partial charge in [-0.05, 0) is 92.3 Å². The summed E-state index contributed by atoms with van der Waals surface area (Å²) in [6.45, 7) is 9.34. The van der Waals surface area contributed by atoms with Crippen LogP contribution >= 0.6 is 0 Å². The summed E-state index contributed by atoms with van der Waals surface area (Å²) in [5, 5.41) is 0. The molecule has 4 aliphatic rings. The van der Waals surface area contributed by atoms with Gasteiger partial charge in [0.25, 0.3) is 0 Å². The molecule has 0 radical (unpaired) electrons. The number of carbonyl (C=O) groups is 1. The van der Waals surface area contributed by atoms with E-state index in [4.69, 9.17) is 0 Å². The van der Waals surface area contributed by atoms with Crippen molar-refractivity contribution in [2.24, 2.45) is 40.4 Å². The highest BCUT2D eigenvalue weighted by Gasteiger charge is 2.59. The minimum absolute atomic E-state index is 0.324. The molecule has 0 spiro atoms. The zero-order valence-electron chi connectivity index (χ0n) is 14.4. The second-order valence-corrected chi connectivity index (χ2v) is 9.48. The normalized spacial score (nSPS) is 54.3. The first kappa shape index (κ1) is 15.0. The number of allylic oxidation sites excluding steroid dienone is 1. The van der Waals surface area contributed by atoms with Gasteiger partial charge in [0.2, 0.25) is 0 Å². The molecule has 0 unspecified atom stereocenters. The molecule has 0 amide bonds. The minimum atomic E-state index is 0.324. The van der Waals surface area contributed by atoms with Crippen molar-refractivity contribution in [3.05, 3.63) is 12.2 Å². The largest absolute Gasteiger partial charge is 0.303 e. The molecular formula is C21H32O. The Morgan fingerprint density at radius 2 is 1.77 bits per heavy atom. The molecular weight excluding hydrogens is 268 g/mol. The standard InChI is InChI=1S/C21H32O/c1-14-8-10-20(2)15(12-14)4-6-17-18-7-5-16(13-22)21(18,3)11-9-19(17)20/h13,15-19H,1,4-12H2,2-3H3/t15-,16+,17-,18-,19-,20-,21+/m0/s1. The van der Waals surface area contributed by atoms with Crippen molar-refractivity contribution < 1.29 is 4.79 Å². The topological polar surface area (TPSA) is 17.1 Å². The molecule has 0 aromatic rings. The lowest BCUT2D eigenvalue weighted by Gasteiger charge is -2.60. The van der Waals surface area contributed by atoms with E-state index in [1.807, 2.05) is 0 Å². The van der Waals surface area contributed by atoms with E-state index in [1.165, 1.54) is 63.2 Å². The summed E-state index contributed by atoms with van der Waals surface area (Å²) in [4.78, 5) is 11.5. The van der Waals surface area contributed by atoms with Gasteiger partial charge in [-0.1, -0.05) is 26.0 Å². The van der Waals surface area contributed by atoms with Crippen molar-refractivity contribution >= 4 is 6.29 Å². The average Bonchev–Trinajstić information content (AvgIpc) is 2.84. The molecule has 0 aliphatic heterocycles. The maximum Gasteiger partial charge on any atom is 0.123 e. The maximum atomic E-state index is 11.5. The van der Waals surface area contributed by atoms with Crippen LogP contribution in [0.3, 0.4) is 0 Å². The second-order valence-electron chi connectivity index (χ2n) is 9.48. The quantitative estimate of drug-likeness (QED) is 0.468. The fraction of sp³-hybridized carbons (Fsp3) is 0.857. The van der Waals surface area contributed by atoms with Crippen molar-refractivity contribution in [1.82, 2.24) is 0 Å². The van der Waals surface area contributed by atoms with Crippen LogP contribution in [0.15, 0.2) is 12.2 Å². The van der Waals surface area contributed by atoms with Crippen molar-refractivity contribution in [1.29, 1.82) is 0 Å². The highest BCUT2D eigenvalue weighted by molar-refractivity contribution is 5.56. The molecule has 7 atom stereocenters. The van der Waals surface area contributed by atoms with Crippen molar-refractivity contribution in [3.63, 3.8) is 0 Å². The van der Waals surface area contributed by atoms with Crippen LogP contribution in [0.25, 0.3) is 0 Å². The molecule has 0 aromatic carbocycles. The highest BCUT2D eigenvalue weighted by atomic mass is 16.1. The minimum Gasteiger partial charge on any atom is -0.303 e. The fourth-order valence-electron chi connectivity index (χ4n) is 7.42. The SMILES string of the molecule is C=C1CC[C@@]2(C)[C@@H](CC[C@@H]3[C@@H]2CC[C@]2(C)[C@@H](C=O)CC[C@@H]32)C1. The van der Waals surface area contributed by atoms with Crippen LogP contribution in [-0.4, -0.2) is 6.29 Å². The van der Waals surface area contributed by atoms with Gasteiger partial charge >= 0.3 is 0 Å². The third-order valence-corrected chi connectivity index (χ3v) is 8.86. The Balaban J connectivity index is 1.63. The lowest BCUT2D eigenvalue weighted by atomic mass is 9.44. The molecule has 0 bridgehead atoms. The summed E-state index contributed by atoms with van der Waals surface area (Å²) in [7, 11) is 0. The van der Waals surface area contributed by atoms with Crippen LogP contribution in [-0.2, 0) is 4.79 Å². The van der Waals surface area contributed by atoms with Gasteiger partial charge in [0.05, 0.1) is 0 Å². The Kier molecular flexibility index (Phi) is 3.37. The lowest BCUT2D eigenvalue weighted by molar-refractivity contribution is -0.124. The van der Waals surface area contributed by atoms with Crippen LogP contribution in [0, 0.1) is 40.4 Å². The Labute approximate surface area is 135 Å². The molecule has 4 rings (SSSR count). The number of carbonyl (C=O) groups excluding carboxylic acids is 1. The Bertz CT molecular complexity index is 494. The van der Waals surface area contributed by atoms with Crippen LogP contribution < -0.4 is 0 Å². The number of rotatable bonds is 1. The first-order chi connectivity index (χ1) is 10.5. The van der Waals surface area contributed by atoms with Gasteiger partial charge in [-0.25, -0.2) is 0 Å². The van der Waals surface area contributed by atoms with Gasteiger partial charge in [-0.3, -0.25) is 0 Å². The predicted molar refractivity (Wildman–Crippen MR) is 90.4 cm³/mol. The number of fused-ring (bicyclic) bond motifs is 5. The van der Waals surface area contributed by atoms with E-state index in [0.717, 1.165) is 30.1 Å². The van der Waals surface area contributed by atoms with Gasteiger partial charge in [-0.15, -0.1) is 0 Å². The molecule has 1 heteroatoms. The number of hydrogen-bond acceptors (Lipinski definition) is 1. The van der Waals surface area contributed by atoms with E-state index in [9.17, 15) is 4.79 Å². The molecule has 0 heterocycles. The molecule has 1 nitrogen and oxygen atoms in total. The summed E-state index contributed by atoms with van der Waals surface area (Å²) in [6, 6.07) is 0. The van der Waals surface area contributed by atoms with E-state index in [2.05, 4.69) is 20.4 Å². The van der Waals surface area contributed by atoms with Gasteiger partial charge in [0.15, 0.2) is 0 Å². The molecule has 4 aliphatic carbocycles. The van der Waals surface area contributed by atoms with E-state index < -0.39 is 0 Å². The second kappa shape index (κ2) is 4.95. The maximum absolute atomic E-state index is 11.5. The van der Waals surface area contributed by atoms with Gasteiger partial charge in [0, 0.05) is 5.92 Å². The summed E-state index contributed by atoms with van der Waals surface area (Å²) in [6.07, 6.45) is 13.2. The molecule has 0 aromatic heterocycles. The third-order valence-electron chi connectivity index (χ3n) is 8.86. The van der Waals surface area contributed by atoms with Crippen molar-refractivity contribution in [3.8, 4) is 0 Å². The predicted octanol–water partition coefficient (Wildman–Crippen LogP) is 5.40. The summed E-state index contributed by atoms with van der Waals surface area (Å²) in [5.41, 5.74) is 2.39. The molecule has 0 N–H and O–H groups in total. The Morgan fingerprint density at radius 1 is 1.00 bits per heavy atom. The van der Waals surface area contributed by atoms with Crippen molar-refractivity contribution in [2.75, 3.05) is 0 Å². The highest BCUT2D eigenvalue weighted by Crippen LogP contribution is 2.67. The molecule has 4 saturated carbocycles. The van der Waals surface area contributed by atoms with Crippen LogP contribution in [0.1, 0.15) is 71.6 Å². The smallest absolute Gasteiger partial charge is 0.123 e. The van der Waals surface area contributed by atoms with E-state index >= 15 is 0 Å². The zero-order chi connectivity index (χ0) is 15.5. The number of aldehydes is 1.